The fraction of sp³-hybridized carbons (Fsp3) is 0.192. The van der Waals surface area contributed by atoms with Gasteiger partial charge in [-0.25, -0.2) is 8.42 Å². The summed E-state index contributed by atoms with van der Waals surface area (Å²) in [6.45, 7) is 1.58. The number of nitrogens with zero attached hydrogens (tertiary/aromatic N) is 1. The van der Waals surface area contributed by atoms with Gasteiger partial charge in [-0.3, -0.25) is 9.52 Å². The lowest BCUT2D eigenvalue weighted by Gasteiger charge is -2.22. The highest BCUT2D eigenvalue weighted by atomic mass is 32.2. The zero-order valence-corrected chi connectivity index (χ0v) is 19.7. The summed E-state index contributed by atoms with van der Waals surface area (Å²) in [4.78, 5) is 14.6. The smallest absolute Gasteiger partial charge is 0.264 e. The van der Waals surface area contributed by atoms with Crippen molar-refractivity contribution >= 4 is 39.1 Å². The van der Waals surface area contributed by atoms with Gasteiger partial charge in [0.05, 0.1) is 12.8 Å². The van der Waals surface area contributed by atoms with Crippen LogP contribution in [0.1, 0.15) is 18.4 Å². The molecule has 0 aliphatic carbocycles. The van der Waals surface area contributed by atoms with Gasteiger partial charge in [0.2, 0.25) is 5.91 Å². The number of benzene rings is 3. The zero-order chi connectivity index (χ0) is 24.0. The maximum absolute atomic E-state index is 13.4. The molecule has 0 unspecified atom stereocenters. The van der Waals surface area contributed by atoms with Crippen LogP contribution in [0.4, 0.5) is 17.1 Å². The number of rotatable bonds is 8. The molecule has 7 nitrogen and oxygen atoms in total. The maximum Gasteiger partial charge on any atom is 0.264 e. The lowest BCUT2D eigenvalue weighted by molar-refractivity contribution is -0.111. The minimum Gasteiger partial charge on any atom is -0.497 e. The fourth-order valence-corrected chi connectivity index (χ4v) is 5.13. The van der Waals surface area contributed by atoms with E-state index in [0.717, 1.165) is 31.5 Å². The van der Waals surface area contributed by atoms with E-state index in [0.29, 0.717) is 22.8 Å². The lowest BCUT2D eigenvalue weighted by Crippen LogP contribution is -2.23. The van der Waals surface area contributed by atoms with E-state index in [2.05, 4.69) is 14.9 Å². The topological polar surface area (TPSA) is 87.7 Å². The SMILES string of the molecule is COc1ccc(NS(=O)(=O)c2cc(NC(=O)C=Cc3ccccc3)ccc2N2CCCC2)cc1. The normalized spacial score (nSPS) is 13.7. The summed E-state index contributed by atoms with van der Waals surface area (Å²) in [6.07, 6.45) is 5.15. The molecule has 0 bridgehead atoms. The number of hydrogen-bond donors (Lipinski definition) is 2. The number of methoxy groups -OCH3 is 1. The molecule has 0 atom stereocenters. The molecule has 0 spiro atoms. The summed E-state index contributed by atoms with van der Waals surface area (Å²) in [5.74, 6) is 0.290. The van der Waals surface area contributed by atoms with Crippen LogP contribution in [0.5, 0.6) is 5.75 Å². The average Bonchev–Trinajstić information content (AvgIpc) is 3.39. The number of ether oxygens (including phenoxy) is 1. The average molecular weight is 478 g/mol. The Balaban J connectivity index is 1.60. The Morgan fingerprint density at radius 3 is 2.29 bits per heavy atom. The molecule has 1 aliphatic rings. The largest absolute Gasteiger partial charge is 0.497 e. The van der Waals surface area contributed by atoms with Crippen molar-refractivity contribution in [1.82, 2.24) is 0 Å². The van der Waals surface area contributed by atoms with Crippen molar-refractivity contribution in [3.8, 4) is 5.75 Å². The van der Waals surface area contributed by atoms with Gasteiger partial charge in [-0.15, -0.1) is 0 Å². The van der Waals surface area contributed by atoms with Crippen molar-refractivity contribution in [1.29, 1.82) is 0 Å². The molecule has 8 heteroatoms. The van der Waals surface area contributed by atoms with Crippen molar-refractivity contribution in [2.75, 3.05) is 35.1 Å². The van der Waals surface area contributed by atoms with E-state index in [9.17, 15) is 13.2 Å². The van der Waals surface area contributed by atoms with Crippen LogP contribution in [0.3, 0.4) is 0 Å². The molecule has 1 aliphatic heterocycles. The van der Waals surface area contributed by atoms with E-state index in [1.54, 1.807) is 49.6 Å². The monoisotopic (exact) mass is 477 g/mol. The number of hydrogen-bond acceptors (Lipinski definition) is 5. The van der Waals surface area contributed by atoms with Gasteiger partial charge in [0.15, 0.2) is 0 Å². The second-order valence-electron chi connectivity index (χ2n) is 7.94. The van der Waals surface area contributed by atoms with E-state index < -0.39 is 10.0 Å². The summed E-state index contributed by atoms with van der Waals surface area (Å²) in [6, 6.07) is 21.1. The molecule has 1 heterocycles. The van der Waals surface area contributed by atoms with Gasteiger partial charge in [-0.2, -0.15) is 0 Å². The van der Waals surface area contributed by atoms with Crippen LogP contribution < -0.4 is 19.7 Å². The highest BCUT2D eigenvalue weighted by Gasteiger charge is 2.25. The summed E-state index contributed by atoms with van der Waals surface area (Å²) >= 11 is 0. The van der Waals surface area contributed by atoms with Crippen LogP contribution in [0.15, 0.2) is 83.8 Å². The first-order chi connectivity index (χ1) is 16.4. The van der Waals surface area contributed by atoms with Gasteiger partial charge >= 0.3 is 0 Å². The van der Waals surface area contributed by atoms with Crippen molar-refractivity contribution in [2.24, 2.45) is 0 Å². The standard InChI is InChI=1S/C26H27N3O4S/c1-33-23-13-10-21(11-14-23)28-34(31,32)25-19-22(12-15-24(25)29-17-5-6-18-29)27-26(30)16-9-20-7-3-2-4-8-20/h2-4,7-16,19,28H,5-6,17-18H2,1H3,(H,27,30). The van der Waals surface area contributed by atoms with Crippen molar-refractivity contribution in [2.45, 2.75) is 17.7 Å². The van der Waals surface area contributed by atoms with Crippen LogP contribution in [-0.4, -0.2) is 34.5 Å². The fourth-order valence-electron chi connectivity index (χ4n) is 3.82. The van der Waals surface area contributed by atoms with Crippen LogP contribution in [0.25, 0.3) is 6.08 Å². The molecular formula is C26H27N3O4S. The number of nitrogens with one attached hydrogen (secondary N) is 2. The number of sulfonamides is 1. The van der Waals surface area contributed by atoms with E-state index in [1.807, 2.05) is 30.3 Å². The Bertz CT molecular complexity index is 1270. The molecule has 1 fully saturated rings. The highest BCUT2D eigenvalue weighted by molar-refractivity contribution is 7.92. The highest BCUT2D eigenvalue weighted by Crippen LogP contribution is 2.32. The van der Waals surface area contributed by atoms with E-state index in [4.69, 9.17) is 4.74 Å². The number of carbonyl (C=O) groups excluding carboxylic acids is 1. The van der Waals surface area contributed by atoms with Gasteiger partial charge in [-0.1, -0.05) is 30.3 Å². The van der Waals surface area contributed by atoms with Crippen molar-refractivity contribution < 1.29 is 17.9 Å². The molecule has 34 heavy (non-hydrogen) atoms. The Morgan fingerprint density at radius 2 is 1.62 bits per heavy atom. The predicted octanol–water partition coefficient (Wildman–Crippen LogP) is 4.75. The Morgan fingerprint density at radius 1 is 0.941 bits per heavy atom. The third-order valence-electron chi connectivity index (χ3n) is 5.53. The maximum atomic E-state index is 13.4. The second-order valence-corrected chi connectivity index (χ2v) is 9.59. The van der Waals surface area contributed by atoms with Gasteiger partial charge in [0, 0.05) is 30.5 Å². The van der Waals surface area contributed by atoms with Gasteiger partial charge in [0.1, 0.15) is 10.6 Å². The molecule has 0 aromatic heterocycles. The van der Waals surface area contributed by atoms with Crippen molar-refractivity contribution in [3.05, 3.63) is 84.4 Å². The Kier molecular flexibility index (Phi) is 7.18. The van der Waals surface area contributed by atoms with Crippen LogP contribution >= 0.6 is 0 Å². The van der Waals surface area contributed by atoms with E-state index in [-0.39, 0.29) is 10.8 Å². The third kappa shape index (κ3) is 5.77. The zero-order valence-electron chi connectivity index (χ0n) is 18.9. The molecule has 4 rings (SSSR count). The van der Waals surface area contributed by atoms with Gasteiger partial charge in [0.25, 0.3) is 10.0 Å². The summed E-state index contributed by atoms with van der Waals surface area (Å²) in [7, 11) is -2.36. The minimum absolute atomic E-state index is 0.120. The van der Waals surface area contributed by atoms with Crippen LogP contribution in [0, 0.1) is 0 Å². The third-order valence-corrected chi connectivity index (χ3v) is 6.94. The summed E-state index contributed by atoms with van der Waals surface area (Å²) in [5.41, 5.74) is 2.35. The molecular weight excluding hydrogens is 450 g/mol. The molecule has 3 aromatic carbocycles. The molecule has 176 valence electrons. The Labute approximate surface area is 200 Å². The quantitative estimate of drug-likeness (QED) is 0.457. The number of anilines is 3. The van der Waals surface area contributed by atoms with Gasteiger partial charge in [-0.05, 0) is 66.9 Å². The minimum atomic E-state index is -3.92. The van der Waals surface area contributed by atoms with E-state index >= 15 is 0 Å². The van der Waals surface area contributed by atoms with Gasteiger partial charge < -0.3 is 15.0 Å². The molecule has 0 saturated carbocycles. The molecule has 2 N–H and O–H groups in total. The van der Waals surface area contributed by atoms with Crippen LogP contribution in [0.2, 0.25) is 0 Å². The first-order valence-electron chi connectivity index (χ1n) is 11.0. The van der Waals surface area contributed by atoms with E-state index in [1.165, 1.54) is 12.1 Å². The predicted molar refractivity (Wildman–Crippen MR) is 136 cm³/mol. The lowest BCUT2D eigenvalue weighted by atomic mass is 10.2. The molecule has 3 aromatic rings. The number of carbonyl (C=O) groups is 1. The van der Waals surface area contributed by atoms with Crippen molar-refractivity contribution in [3.63, 3.8) is 0 Å². The first-order valence-corrected chi connectivity index (χ1v) is 12.5. The first kappa shape index (κ1) is 23.4. The molecule has 0 radical (unpaired) electrons. The van der Waals surface area contributed by atoms with Crippen LogP contribution in [-0.2, 0) is 14.8 Å². The second kappa shape index (κ2) is 10.4. The number of amides is 1. The molecule has 1 amide bonds. The summed E-state index contributed by atoms with van der Waals surface area (Å²) < 4.78 is 34.6. The Hall–Kier alpha value is -3.78. The molecule has 1 saturated heterocycles. The summed E-state index contributed by atoms with van der Waals surface area (Å²) in [5, 5.41) is 2.77.